The number of hydrogen-bond donors (Lipinski definition) is 1. The molecule has 30 heavy (non-hydrogen) atoms. The number of methoxy groups -OCH3 is 1. The van der Waals surface area contributed by atoms with Gasteiger partial charge in [0.1, 0.15) is 11.4 Å². The standard InChI is InChI=1S/C24H28N4O2/c1-17(2)28-16-22(21-5-4-12-25-23(21)28)19-10-13-27(14-11-19)24(29)26-15-18-6-8-20(30-3)9-7-18/h4-10,12,16-17H,11,13-15H2,1-3H3,(H,26,29). The third-order valence-electron chi connectivity index (χ3n) is 5.59. The molecule has 0 fully saturated rings. The fourth-order valence-corrected chi connectivity index (χ4v) is 3.86. The van der Waals surface area contributed by atoms with Gasteiger partial charge in [-0.3, -0.25) is 0 Å². The number of rotatable bonds is 5. The monoisotopic (exact) mass is 404 g/mol. The number of carbonyl (C=O) groups excluding carboxylic acids is 1. The third kappa shape index (κ3) is 4.03. The molecule has 6 heteroatoms. The molecule has 0 saturated heterocycles. The number of amides is 2. The number of carbonyl (C=O) groups is 1. The molecule has 4 rings (SSSR count). The Morgan fingerprint density at radius 3 is 2.70 bits per heavy atom. The SMILES string of the molecule is COc1ccc(CNC(=O)N2CC=C(c3cn(C(C)C)c4ncccc34)CC2)cc1. The summed E-state index contributed by atoms with van der Waals surface area (Å²) < 4.78 is 7.39. The first-order valence-electron chi connectivity index (χ1n) is 10.4. The number of hydrogen-bond acceptors (Lipinski definition) is 3. The van der Waals surface area contributed by atoms with Crippen LogP contribution in [-0.2, 0) is 6.54 Å². The van der Waals surface area contributed by atoms with Crippen LogP contribution in [0.5, 0.6) is 5.75 Å². The van der Waals surface area contributed by atoms with E-state index in [1.54, 1.807) is 7.11 Å². The molecule has 2 aromatic heterocycles. The van der Waals surface area contributed by atoms with Gasteiger partial charge < -0.3 is 19.5 Å². The Balaban J connectivity index is 1.43. The zero-order valence-electron chi connectivity index (χ0n) is 17.8. The van der Waals surface area contributed by atoms with Gasteiger partial charge in [0.05, 0.1) is 7.11 Å². The van der Waals surface area contributed by atoms with Gasteiger partial charge in [-0.15, -0.1) is 0 Å². The number of nitrogens with zero attached hydrogens (tertiary/aromatic N) is 3. The summed E-state index contributed by atoms with van der Waals surface area (Å²) in [6.45, 7) is 6.15. The lowest BCUT2D eigenvalue weighted by atomic mass is 10.00. The molecule has 0 unspecified atom stereocenters. The highest BCUT2D eigenvalue weighted by Crippen LogP contribution is 2.31. The molecule has 0 radical (unpaired) electrons. The number of aromatic nitrogens is 2. The molecule has 0 atom stereocenters. The van der Waals surface area contributed by atoms with Crippen LogP contribution in [0.4, 0.5) is 4.79 Å². The van der Waals surface area contributed by atoms with Gasteiger partial charge in [0, 0.05) is 49.0 Å². The van der Waals surface area contributed by atoms with E-state index in [1.165, 1.54) is 16.5 Å². The highest BCUT2D eigenvalue weighted by Gasteiger charge is 2.21. The van der Waals surface area contributed by atoms with E-state index in [0.29, 0.717) is 25.7 Å². The minimum atomic E-state index is -0.0348. The third-order valence-corrected chi connectivity index (χ3v) is 5.59. The van der Waals surface area contributed by atoms with E-state index in [4.69, 9.17) is 4.74 Å². The molecule has 0 aliphatic carbocycles. The van der Waals surface area contributed by atoms with Gasteiger partial charge in [-0.25, -0.2) is 9.78 Å². The fourth-order valence-electron chi connectivity index (χ4n) is 3.86. The Morgan fingerprint density at radius 2 is 2.03 bits per heavy atom. The number of urea groups is 1. The first-order chi connectivity index (χ1) is 14.6. The Morgan fingerprint density at radius 1 is 1.23 bits per heavy atom. The van der Waals surface area contributed by atoms with Crippen LogP contribution >= 0.6 is 0 Å². The van der Waals surface area contributed by atoms with Crippen LogP contribution in [0, 0.1) is 0 Å². The van der Waals surface area contributed by atoms with Crippen LogP contribution in [0.2, 0.25) is 0 Å². The molecule has 0 saturated carbocycles. The van der Waals surface area contributed by atoms with E-state index in [2.05, 4.69) is 47.1 Å². The Bertz CT molecular complexity index is 1070. The molecule has 0 spiro atoms. The summed E-state index contributed by atoms with van der Waals surface area (Å²) >= 11 is 0. The van der Waals surface area contributed by atoms with Crippen molar-refractivity contribution in [3.63, 3.8) is 0 Å². The van der Waals surface area contributed by atoms with Crippen molar-refractivity contribution in [1.82, 2.24) is 19.8 Å². The summed E-state index contributed by atoms with van der Waals surface area (Å²) in [6, 6.07) is 12.2. The average molecular weight is 405 g/mol. The summed E-state index contributed by atoms with van der Waals surface area (Å²) in [7, 11) is 1.64. The fraction of sp³-hybridized carbons (Fsp3) is 0.333. The second-order valence-corrected chi connectivity index (χ2v) is 7.85. The lowest BCUT2D eigenvalue weighted by molar-refractivity contribution is 0.202. The minimum Gasteiger partial charge on any atom is -0.497 e. The van der Waals surface area contributed by atoms with Crippen LogP contribution in [0.3, 0.4) is 0 Å². The number of ether oxygens (including phenoxy) is 1. The Hall–Kier alpha value is -3.28. The molecule has 1 aliphatic rings. The zero-order chi connectivity index (χ0) is 21.1. The van der Waals surface area contributed by atoms with Crippen LogP contribution in [-0.4, -0.2) is 40.7 Å². The summed E-state index contributed by atoms with van der Waals surface area (Å²) in [5.41, 5.74) is 4.58. The van der Waals surface area contributed by atoms with Gasteiger partial charge in [0.15, 0.2) is 0 Å². The molecule has 0 bridgehead atoms. The number of fused-ring (bicyclic) bond motifs is 1. The molecule has 6 nitrogen and oxygen atoms in total. The number of benzene rings is 1. The summed E-state index contributed by atoms with van der Waals surface area (Å²) in [5, 5.41) is 4.19. The topological polar surface area (TPSA) is 59.4 Å². The van der Waals surface area contributed by atoms with Crippen molar-refractivity contribution in [3.8, 4) is 5.75 Å². The predicted octanol–water partition coefficient (Wildman–Crippen LogP) is 4.62. The largest absolute Gasteiger partial charge is 0.497 e. The van der Waals surface area contributed by atoms with Crippen molar-refractivity contribution in [3.05, 3.63) is 66.0 Å². The highest BCUT2D eigenvalue weighted by atomic mass is 16.5. The molecule has 2 amide bonds. The molecule has 1 N–H and O–H groups in total. The van der Waals surface area contributed by atoms with E-state index in [0.717, 1.165) is 23.4 Å². The lowest BCUT2D eigenvalue weighted by Crippen LogP contribution is -2.41. The van der Waals surface area contributed by atoms with Crippen molar-refractivity contribution in [1.29, 1.82) is 0 Å². The average Bonchev–Trinajstić information content (AvgIpc) is 3.18. The predicted molar refractivity (Wildman–Crippen MR) is 120 cm³/mol. The lowest BCUT2D eigenvalue weighted by Gasteiger charge is -2.26. The first-order valence-corrected chi connectivity index (χ1v) is 10.4. The molecule has 3 aromatic rings. The van der Waals surface area contributed by atoms with Crippen molar-refractivity contribution in [2.75, 3.05) is 20.2 Å². The van der Waals surface area contributed by atoms with E-state index >= 15 is 0 Å². The maximum Gasteiger partial charge on any atom is 0.317 e. The zero-order valence-corrected chi connectivity index (χ0v) is 17.8. The van der Waals surface area contributed by atoms with Gasteiger partial charge in [-0.05, 0) is 55.7 Å². The summed E-state index contributed by atoms with van der Waals surface area (Å²) in [4.78, 5) is 19.0. The van der Waals surface area contributed by atoms with Gasteiger partial charge in [-0.2, -0.15) is 0 Å². The van der Waals surface area contributed by atoms with Gasteiger partial charge in [-0.1, -0.05) is 18.2 Å². The molecule has 1 aromatic carbocycles. The Kier molecular flexibility index (Phi) is 5.74. The smallest absolute Gasteiger partial charge is 0.317 e. The van der Waals surface area contributed by atoms with E-state index < -0.39 is 0 Å². The number of nitrogens with one attached hydrogen (secondary N) is 1. The second kappa shape index (κ2) is 8.61. The van der Waals surface area contributed by atoms with Crippen molar-refractivity contribution >= 4 is 22.6 Å². The highest BCUT2D eigenvalue weighted by molar-refractivity contribution is 5.91. The van der Waals surface area contributed by atoms with Crippen LogP contribution in [0.15, 0.2) is 54.9 Å². The van der Waals surface area contributed by atoms with E-state index in [-0.39, 0.29) is 6.03 Å². The molecular weight excluding hydrogens is 376 g/mol. The van der Waals surface area contributed by atoms with Gasteiger partial charge in [0.25, 0.3) is 0 Å². The maximum atomic E-state index is 12.6. The Labute approximate surface area is 177 Å². The minimum absolute atomic E-state index is 0.0348. The van der Waals surface area contributed by atoms with Crippen molar-refractivity contribution in [2.45, 2.75) is 32.9 Å². The van der Waals surface area contributed by atoms with Crippen LogP contribution in [0.1, 0.15) is 37.4 Å². The first kappa shape index (κ1) is 20.0. The van der Waals surface area contributed by atoms with Crippen LogP contribution in [0.25, 0.3) is 16.6 Å². The molecule has 1 aliphatic heterocycles. The van der Waals surface area contributed by atoms with Crippen LogP contribution < -0.4 is 10.1 Å². The van der Waals surface area contributed by atoms with Crippen molar-refractivity contribution < 1.29 is 9.53 Å². The van der Waals surface area contributed by atoms with E-state index in [9.17, 15) is 4.79 Å². The van der Waals surface area contributed by atoms with E-state index in [1.807, 2.05) is 41.4 Å². The summed E-state index contributed by atoms with van der Waals surface area (Å²) in [5.74, 6) is 0.813. The van der Waals surface area contributed by atoms with Crippen molar-refractivity contribution in [2.24, 2.45) is 0 Å². The molecule has 3 heterocycles. The molecular formula is C24H28N4O2. The van der Waals surface area contributed by atoms with Gasteiger partial charge in [0.2, 0.25) is 0 Å². The normalized spacial score (nSPS) is 14.1. The maximum absolute atomic E-state index is 12.6. The summed E-state index contributed by atoms with van der Waals surface area (Å²) in [6.07, 6.45) is 7.05. The second-order valence-electron chi connectivity index (χ2n) is 7.85. The van der Waals surface area contributed by atoms with Gasteiger partial charge >= 0.3 is 6.03 Å². The number of pyridine rings is 1. The quantitative estimate of drug-likeness (QED) is 0.675. The molecule has 156 valence electrons.